The Hall–Kier alpha value is -2.34. The molecule has 1 aromatic carbocycles. The average Bonchev–Trinajstić information content (AvgIpc) is 3.05. The number of hydrogen-bond acceptors (Lipinski definition) is 5. The van der Waals surface area contributed by atoms with Crippen molar-refractivity contribution in [3.8, 4) is 5.75 Å². The molecule has 128 valence electrons. The molecule has 1 amide bonds. The lowest BCUT2D eigenvalue weighted by Gasteiger charge is -2.22. The fraction of sp³-hybridized carbons (Fsp3) is 0.444. The Kier molecular flexibility index (Phi) is 5.15. The summed E-state index contributed by atoms with van der Waals surface area (Å²) in [6.45, 7) is 4.86. The van der Waals surface area contributed by atoms with Gasteiger partial charge in [0.2, 0.25) is 0 Å². The van der Waals surface area contributed by atoms with Crippen LogP contribution < -0.4 is 15.7 Å². The van der Waals surface area contributed by atoms with Crippen molar-refractivity contribution in [2.75, 3.05) is 26.2 Å². The van der Waals surface area contributed by atoms with Gasteiger partial charge in [0.1, 0.15) is 11.3 Å². The first-order valence-corrected chi connectivity index (χ1v) is 8.33. The van der Waals surface area contributed by atoms with Crippen LogP contribution in [0.25, 0.3) is 11.0 Å². The maximum absolute atomic E-state index is 12.0. The highest BCUT2D eigenvalue weighted by molar-refractivity contribution is 5.79. The quantitative estimate of drug-likeness (QED) is 0.817. The summed E-state index contributed by atoms with van der Waals surface area (Å²) in [6.07, 6.45) is 2.31. The number of ether oxygens (including phenoxy) is 1. The Morgan fingerprint density at radius 2 is 2.21 bits per heavy atom. The number of likely N-dealkylation sites (tertiary alicyclic amines) is 1. The molecular formula is C18H22N2O4. The predicted molar refractivity (Wildman–Crippen MR) is 91.3 cm³/mol. The van der Waals surface area contributed by atoms with E-state index in [0.717, 1.165) is 24.9 Å². The Bertz CT molecular complexity index is 771. The van der Waals surface area contributed by atoms with Crippen molar-refractivity contribution in [1.82, 2.24) is 10.2 Å². The number of benzene rings is 1. The SMILES string of the molecule is CCN1CCCC1CNC(=O)COc1ccc2ccc(=O)oc2c1. The van der Waals surface area contributed by atoms with Crippen LogP contribution in [0.3, 0.4) is 0 Å². The second kappa shape index (κ2) is 7.49. The highest BCUT2D eigenvalue weighted by Gasteiger charge is 2.23. The lowest BCUT2D eigenvalue weighted by Crippen LogP contribution is -2.41. The summed E-state index contributed by atoms with van der Waals surface area (Å²) in [5.74, 6) is 0.357. The third kappa shape index (κ3) is 3.94. The van der Waals surface area contributed by atoms with Gasteiger partial charge in [0.25, 0.3) is 5.91 Å². The molecule has 1 N–H and O–H groups in total. The van der Waals surface area contributed by atoms with Crippen LogP contribution in [0.15, 0.2) is 39.5 Å². The van der Waals surface area contributed by atoms with Gasteiger partial charge < -0.3 is 14.5 Å². The minimum atomic E-state index is -0.408. The van der Waals surface area contributed by atoms with Crippen molar-refractivity contribution < 1.29 is 13.9 Å². The lowest BCUT2D eigenvalue weighted by atomic mass is 10.2. The molecule has 1 fully saturated rings. The molecule has 1 aliphatic rings. The van der Waals surface area contributed by atoms with Crippen molar-refractivity contribution in [3.05, 3.63) is 40.8 Å². The second-order valence-corrected chi connectivity index (χ2v) is 5.97. The monoisotopic (exact) mass is 330 g/mol. The van der Waals surface area contributed by atoms with Gasteiger partial charge in [-0.2, -0.15) is 0 Å². The number of carbonyl (C=O) groups excluding carboxylic acids is 1. The Labute approximate surface area is 140 Å². The second-order valence-electron chi connectivity index (χ2n) is 5.97. The molecule has 2 heterocycles. The zero-order chi connectivity index (χ0) is 16.9. The van der Waals surface area contributed by atoms with Crippen molar-refractivity contribution in [1.29, 1.82) is 0 Å². The molecule has 1 unspecified atom stereocenters. The molecule has 2 aromatic rings. The molecule has 1 aromatic heterocycles. The topological polar surface area (TPSA) is 71.8 Å². The van der Waals surface area contributed by atoms with Gasteiger partial charge in [0.05, 0.1) is 0 Å². The predicted octanol–water partition coefficient (Wildman–Crippen LogP) is 1.77. The zero-order valence-corrected chi connectivity index (χ0v) is 13.8. The highest BCUT2D eigenvalue weighted by Crippen LogP contribution is 2.19. The van der Waals surface area contributed by atoms with Crippen LogP contribution in [0, 0.1) is 0 Å². The van der Waals surface area contributed by atoms with E-state index in [-0.39, 0.29) is 12.5 Å². The van der Waals surface area contributed by atoms with Gasteiger partial charge in [-0.25, -0.2) is 4.79 Å². The van der Waals surface area contributed by atoms with Gasteiger partial charge in [0, 0.05) is 30.1 Å². The first-order chi connectivity index (χ1) is 11.7. The molecule has 24 heavy (non-hydrogen) atoms. The molecule has 0 aliphatic carbocycles. The summed E-state index contributed by atoms with van der Waals surface area (Å²) in [4.78, 5) is 25.6. The van der Waals surface area contributed by atoms with Crippen LogP contribution in [-0.2, 0) is 4.79 Å². The minimum Gasteiger partial charge on any atom is -0.484 e. The third-order valence-corrected chi connectivity index (χ3v) is 4.40. The first-order valence-electron chi connectivity index (χ1n) is 8.33. The first kappa shape index (κ1) is 16.5. The van der Waals surface area contributed by atoms with E-state index in [9.17, 15) is 9.59 Å². The molecule has 0 radical (unpaired) electrons. The lowest BCUT2D eigenvalue weighted by molar-refractivity contribution is -0.123. The number of amides is 1. The van der Waals surface area contributed by atoms with Gasteiger partial charge >= 0.3 is 5.63 Å². The van der Waals surface area contributed by atoms with E-state index in [4.69, 9.17) is 9.15 Å². The van der Waals surface area contributed by atoms with E-state index >= 15 is 0 Å². The standard InChI is InChI=1S/C18H22N2O4/c1-2-20-9-3-4-14(20)11-19-17(21)12-23-15-7-5-13-6-8-18(22)24-16(13)10-15/h5-8,10,14H,2-4,9,11-12H2,1H3,(H,19,21). The van der Waals surface area contributed by atoms with E-state index in [0.29, 0.717) is 23.9 Å². The van der Waals surface area contributed by atoms with Crippen molar-refractivity contribution in [2.45, 2.75) is 25.8 Å². The normalized spacial score (nSPS) is 18.0. The maximum Gasteiger partial charge on any atom is 0.336 e. The van der Waals surface area contributed by atoms with Crippen LogP contribution in [-0.4, -0.2) is 43.1 Å². The summed E-state index contributed by atoms with van der Waals surface area (Å²) in [5, 5.41) is 3.74. The van der Waals surface area contributed by atoms with Crippen LogP contribution in [0.5, 0.6) is 5.75 Å². The van der Waals surface area contributed by atoms with Crippen LogP contribution in [0.2, 0.25) is 0 Å². The molecule has 0 bridgehead atoms. The fourth-order valence-corrected chi connectivity index (χ4v) is 3.10. The smallest absolute Gasteiger partial charge is 0.336 e. The number of hydrogen-bond donors (Lipinski definition) is 1. The van der Waals surface area contributed by atoms with Gasteiger partial charge in [0.15, 0.2) is 6.61 Å². The van der Waals surface area contributed by atoms with Crippen LogP contribution in [0.1, 0.15) is 19.8 Å². The largest absolute Gasteiger partial charge is 0.484 e. The van der Waals surface area contributed by atoms with E-state index in [2.05, 4.69) is 17.1 Å². The molecule has 0 spiro atoms. The average molecular weight is 330 g/mol. The third-order valence-electron chi connectivity index (χ3n) is 4.40. The minimum absolute atomic E-state index is 0.0541. The van der Waals surface area contributed by atoms with Gasteiger partial charge in [-0.1, -0.05) is 6.92 Å². The molecule has 6 nitrogen and oxygen atoms in total. The summed E-state index contributed by atoms with van der Waals surface area (Å²) in [7, 11) is 0. The Morgan fingerprint density at radius 3 is 3.04 bits per heavy atom. The number of nitrogens with one attached hydrogen (secondary N) is 1. The number of carbonyl (C=O) groups is 1. The molecular weight excluding hydrogens is 308 g/mol. The van der Waals surface area contributed by atoms with E-state index in [1.165, 1.54) is 12.5 Å². The van der Waals surface area contributed by atoms with Gasteiger partial charge in [-0.05, 0) is 44.1 Å². The van der Waals surface area contributed by atoms with Crippen molar-refractivity contribution in [2.24, 2.45) is 0 Å². The number of fused-ring (bicyclic) bond motifs is 1. The van der Waals surface area contributed by atoms with Crippen LogP contribution in [0.4, 0.5) is 0 Å². The molecule has 1 saturated heterocycles. The maximum atomic E-state index is 12.0. The van der Waals surface area contributed by atoms with Crippen molar-refractivity contribution in [3.63, 3.8) is 0 Å². The molecule has 3 rings (SSSR count). The van der Waals surface area contributed by atoms with E-state index in [1.807, 2.05) is 0 Å². The van der Waals surface area contributed by atoms with Crippen molar-refractivity contribution >= 4 is 16.9 Å². The Morgan fingerprint density at radius 1 is 1.38 bits per heavy atom. The number of nitrogens with zero attached hydrogens (tertiary/aromatic N) is 1. The summed E-state index contributed by atoms with van der Waals surface area (Å²) in [5.41, 5.74) is 0.0411. The zero-order valence-electron chi connectivity index (χ0n) is 13.8. The molecule has 6 heteroatoms. The number of rotatable bonds is 6. The van der Waals surface area contributed by atoms with E-state index in [1.54, 1.807) is 24.3 Å². The summed E-state index contributed by atoms with van der Waals surface area (Å²) in [6, 6.07) is 8.67. The van der Waals surface area contributed by atoms with Gasteiger partial charge in [-0.3, -0.25) is 9.69 Å². The van der Waals surface area contributed by atoms with Gasteiger partial charge in [-0.15, -0.1) is 0 Å². The molecule has 0 saturated carbocycles. The molecule has 1 atom stereocenters. The highest BCUT2D eigenvalue weighted by atomic mass is 16.5. The Balaban J connectivity index is 1.51. The summed E-state index contributed by atoms with van der Waals surface area (Å²) >= 11 is 0. The van der Waals surface area contributed by atoms with E-state index < -0.39 is 5.63 Å². The number of likely N-dealkylation sites (N-methyl/N-ethyl adjacent to an activating group) is 1. The summed E-state index contributed by atoms with van der Waals surface area (Å²) < 4.78 is 10.6. The fourth-order valence-electron chi connectivity index (χ4n) is 3.10. The molecule has 1 aliphatic heterocycles. The van der Waals surface area contributed by atoms with Crippen LogP contribution >= 0.6 is 0 Å².